The first-order valence-corrected chi connectivity index (χ1v) is 5.15. The molecule has 0 aliphatic rings. The summed E-state index contributed by atoms with van der Waals surface area (Å²) >= 11 is 1.50. The fourth-order valence-electron chi connectivity index (χ4n) is 1.16. The fraction of sp³-hybridized carbons (Fsp3) is 0.500. The minimum atomic E-state index is -0.388. The number of aliphatic hydroxyl groups is 1. The summed E-state index contributed by atoms with van der Waals surface area (Å²) in [4.78, 5) is 5.05. The van der Waals surface area contributed by atoms with Crippen LogP contribution in [0.15, 0.2) is 5.51 Å². The zero-order valence-corrected chi connectivity index (χ0v) is 8.47. The Bertz CT molecular complexity index is 300. The highest BCUT2D eigenvalue weighted by Crippen LogP contribution is 2.25. The predicted octanol–water partition coefficient (Wildman–Crippen LogP) is 2.29. The van der Waals surface area contributed by atoms with E-state index in [1.165, 1.54) is 11.3 Å². The van der Waals surface area contributed by atoms with Crippen molar-refractivity contribution in [3.63, 3.8) is 0 Å². The van der Waals surface area contributed by atoms with Crippen molar-refractivity contribution in [1.82, 2.24) is 4.98 Å². The molecule has 0 aliphatic heterocycles. The molecular weight excluding hydrogens is 182 g/mol. The molecular formula is C10H13NOS. The lowest BCUT2D eigenvalue weighted by Gasteiger charge is -2.07. The molecule has 13 heavy (non-hydrogen) atoms. The van der Waals surface area contributed by atoms with Crippen LogP contribution in [0.1, 0.15) is 35.9 Å². The Morgan fingerprint density at radius 1 is 1.77 bits per heavy atom. The molecule has 3 heteroatoms. The van der Waals surface area contributed by atoms with Gasteiger partial charge in [-0.2, -0.15) is 0 Å². The van der Waals surface area contributed by atoms with Crippen LogP contribution in [0.4, 0.5) is 0 Å². The smallest absolute Gasteiger partial charge is 0.0901 e. The molecule has 0 bridgehead atoms. The van der Waals surface area contributed by atoms with Gasteiger partial charge in [0.2, 0.25) is 0 Å². The average Bonchev–Trinajstić information content (AvgIpc) is 2.52. The standard InChI is InChI=1S/C10H13NOS/c1-3-4-5-6-9(12)10-8(2)11-7-13-10/h1,7,9,12H,4-6H2,2H3. The summed E-state index contributed by atoms with van der Waals surface area (Å²) in [6, 6.07) is 0. The molecule has 1 N–H and O–H groups in total. The summed E-state index contributed by atoms with van der Waals surface area (Å²) in [7, 11) is 0. The number of hydrogen-bond acceptors (Lipinski definition) is 3. The SMILES string of the molecule is C#CCCCC(O)c1scnc1C. The minimum absolute atomic E-state index is 0.388. The number of aliphatic hydroxyl groups excluding tert-OH is 1. The van der Waals surface area contributed by atoms with E-state index >= 15 is 0 Å². The molecule has 1 heterocycles. The third kappa shape index (κ3) is 2.83. The van der Waals surface area contributed by atoms with Crippen LogP contribution in [0, 0.1) is 19.3 Å². The van der Waals surface area contributed by atoms with Gasteiger partial charge in [-0.15, -0.1) is 23.7 Å². The number of terminal acetylenes is 1. The summed E-state index contributed by atoms with van der Waals surface area (Å²) in [5, 5.41) is 9.72. The molecule has 0 spiro atoms. The van der Waals surface area contributed by atoms with Crippen LogP contribution < -0.4 is 0 Å². The molecule has 0 fully saturated rings. The van der Waals surface area contributed by atoms with Gasteiger partial charge in [0, 0.05) is 6.42 Å². The second-order valence-corrected chi connectivity index (χ2v) is 3.80. The number of thiazole rings is 1. The Morgan fingerprint density at radius 3 is 3.08 bits per heavy atom. The van der Waals surface area contributed by atoms with E-state index in [0.717, 1.165) is 29.8 Å². The summed E-state index contributed by atoms with van der Waals surface area (Å²) < 4.78 is 0. The molecule has 1 atom stereocenters. The predicted molar refractivity (Wildman–Crippen MR) is 54.5 cm³/mol. The summed E-state index contributed by atoms with van der Waals surface area (Å²) in [5.74, 6) is 2.56. The van der Waals surface area contributed by atoms with Gasteiger partial charge in [0.15, 0.2) is 0 Å². The van der Waals surface area contributed by atoms with Crippen molar-refractivity contribution in [3.05, 3.63) is 16.1 Å². The lowest BCUT2D eigenvalue weighted by Crippen LogP contribution is -1.96. The molecule has 70 valence electrons. The summed E-state index contributed by atoms with van der Waals surface area (Å²) in [6.07, 6.45) is 7.06. The number of hydrogen-bond donors (Lipinski definition) is 1. The summed E-state index contributed by atoms with van der Waals surface area (Å²) in [6.45, 7) is 1.91. The normalized spacial score (nSPS) is 12.4. The Morgan fingerprint density at radius 2 is 2.54 bits per heavy atom. The molecule has 1 unspecified atom stereocenters. The molecule has 1 aromatic heterocycles. The first-order chi connectivity index (χ1) is 6.25. The number of aromatic nitrogens is 1. The Hall–Kier alpha value is -0.850. The number of unbranched alkanes of at least 4 members (excludes halogenated alkanes) is 1. The van der Waals surface area contributed by atoms with Gasteiger partial charge in [-0.05, 0) is 19.8 Å². The van der Waals surface area contributed by atoms with Crippen LogP contribution in [0.5, 0.6) is 0 Å². The number of rotatable bonds is 4. The highest BCUT2D eigenvalue weighted by Gasteiger charge is 2.11. The molecule has 2 nitrogen and oxygen atoms in total. The average molecular weight is 195 g/mol. The maximum absolute atomic E-state index is 9.72. The quantitative estimate of drug-likeness (QED) is 0.590. The Kier molecular flexibility index (Phi) is 3.94. The van der Waals surface area contributed by atoms with E-state index in [-0.39, 0.29) is 6.10 Å². The minimum Gasteiger partial charge on any atom is -0.388 e. The zero-order chi connectivity index (χ0) is 9.68. The second kappa shape index (κ2) is 5.00. The third-order valence-electron chi connectivity index (χ3n) is 1.88. The van der Waals surface area contributed by atoms with Gasteiger partial charge < -0.3 is 5.11 Å². The molecule has 0 radical (unpaired) electrons. The van der Waals surface area contributed by atoms with Gasteiger partial charge in [0.1, 0.15) is 0 Å². The molecule has 0 saturated carbocycles. The summed E-state index contributed by atoms with van der Waals surface area (Å²) in [5.41, 5.74) is 2.69. The van der Waals surface area contributed by atoms with Crippen molar-refractivity contribution < 1.29 is 5.11 Å². The van der Waals surface area contributed by atoms with Crippen molar-refractivity contribution in [3.8, 4) is 12.3 Å². The monoisotopic (exact) mass is 195 g/mol. The van der Waals surface area contributed by atoms with Crippen LogP contribution in [0.3, 0.4) is 0 Å². The molecule has 0 aliphatic carbocycles. The Labute approximate surface area is 82.6 Å². The first-order valence-electron chi connectivity index (χ1n) is 4.27. The van der Waals surface area contributed by atoms with Crippen LogP contribution >= 0.6 is 11.3 Å². The van der Waals surface area contributed by atoms with E-state index in [2.05, 4.69) is 10.9 Å². The highest BCUT2D eigenvalue weighted by atomic mass is 32.1. The van der Waals surface area contributed by atoms with Gasteiger partial charge in [-0.3, -0.25) is 0 Å². The zero-order valence-electron chi connectivity index (χ0n) is 7.66. The van der Waals surface area contributed by atoms with Gasteiger partial charge in [0.25, 0.3) is 0 Å². The lowest BCUT2D eigenvalue weighted by molar-refractivity contribution is 0.168. The number of aryl methyl sites for hydroxylation is 1. The van der Waals surface area contributed by atoms with E-state index in [4.69, 9.17) is 6.42 Å². The van der Waals surface area contributed by atoms with Crippen molar-refractivity contribution in [2.75, 3.05) is 0 Å². The van der Waals surface area contributed by atoms with E-state index in [9.17, 15) is 5.11 Å². The largest absolute Gasteiger partial charge is 0.388 e. The van der Waals surface area contributed by atoms with E-state index < -0.39 is 0 Å². The number of nitrogens with zero attached hydrogens (tertiary/aromatic N) is 1. The fourth-order valence-corrected chi connectivity index (χ4v) is 1.98. The van der Waals surface area contributed by atoms with Gasteiger partial charge in [0.05, 0.1) is 22.2 Å². The maximum atomic E-state index is 9.72. The van der Waals surface area contributed by atoms with Crippen molar-refractivity contribution in [2.45, 2.75) is 32.3 Å². The lowest BCUT2D eigenvalue weighted by atomic mass is 10.1. The Balaban J connectivity index is 2.45. The van der Waals surface area contributed by atoms with Crippen LogP contribution in [-0.4, -0.2) is 10.1 Å². The molecule has 0 amide bonds. The maximum Gasteiger partial charge on any atom is 0.0901 e. The van der Waals surface area contributed by atoms with Crippen molar-refractivity contribution >= 4 is 11.3 Å². The van der Waals surface area contributed by atoms with E-state index in [1.807, 2.05) is 6.92 Å². The topological polar surface area (TPSA) is 33.1 Å². The van der Waals surface area contributed by atoms with Crippen LogP contribution in [-0.2, 0) is 0 Å². The van der Waals surface area contributed by atoms with Crippen molar-refractivity contribution in [2.24, 2.45) is 0 Å². The van der Waals surface area contributed by atoms with E-state index in [1.54, 1.807) is 5.51 Å². The van der Waals surface area contributed by atoms with Crippen molar-refractivity contribution in [1.29, 1.82) is 0 Å². The van der Waals surface area contributed by atoms with Crippen LogP contribution in [0.25, 0.3) is 0 Å². The molecule has 1 rings (SSSR count). The highest BCUT2D eigenvalue weighted by molar-refractivity contribution is 7.09. The molecule has 1 aromatic rings. The molecule has 0 saturated heterocycles. The van der Waals surface area contributed by atoms with Gasteiger partial charge >= 0.3 is 0 Å². The first kappa shape index (κ1) is 10.2. The van der Waals surface area contributed by atoms with Crippen LogP contribution in [0.2, 0.25) is 0 Å². The van der Waals surface area contributed by atoms with Gasteiger partial charge in [-0.1, -0.05) is 0 Å². The van der Waals surface area contributed by atoms with E-state index in [0.29, 0.717) is 0 Å². The van der Waals surface area contributed by atoms with Gasteiger partial charge in [-0.25, -0.2) is 4.98 Å². The second-order valence-electron chi connectivity index (χ2n) is 2.91. The third-order valence-corrected chi connectivity index (χ3v) is 2.92. The molecule has 0 aromatic carbocycles.